The van der Waals surface area contributed by atoms with Gasteiger partial charge in [-0.1, -0.05) is 34.1 Å². The Hall–Kier alpha value is -0.0800. The van der Waals surface area contributed by atoms with Crippen molar-refractivity contribution in [2.24, 2.45) is 11.3 Å². The van der Waals surface area contributed by atoms with Gasteiger partial charge in [0.05, 0.1) is 0 Å². The Labute approximate surface area is 75.6 Å². The lowest BCUT2D eigenvalue weighted by molar-refractivity contribution is -0.164. The van der Waals surface area contributed by atoms with Crippen molar-refractivity contribution in [2.75, 3.05) is 0 Å². The van der Waals surface area contributed by atoms with Gasteiger partial charge in [0, 0.05) is 6.42 Å². The molecule has 0 saturated heterocycles. The maximum absolute atomic E-state index is 9.24. The average molecular weight is 174 g/mol. The predicted molar refractivity (Wildman–Crippen MR) is 50.7 cm³/mol. The molecule has 0 aromatic carbocycles. The van der Waals surface area contributed by atoms with Gasteiger partial charge in [-0.25, -0.2) is 0 Å². The molecule has 2 N–H and O–H groups in total. The molecule has 1 unspecified atom stereocenters. The van der Waals surface area contributed by atoms with Crippen molar-refractivity contribution in [1.29, 1.82) is 0 Å². The zero-order valence-electron chi connectivity index (χ0n) is 8.89. The van der Waals surface area contributed by atoms with Crippen LogP contribution in [0.3, 0.4) is 0 Å². The molecule has 12 heavy (non-hydrogen) atoms. The average Bonchev–Trinajstić information content (AvgIpc) is 1.78. The van der Waals surface area contributed by atoms with E-state index in [9.17, 15) is 10.2 Å². The van der Waals surface area contributed by atoms with E-state index in [-0.39, 0.29) is 5.41 Å². The first-order valence-electron chi connectivity index (χ1n) is 4.61. The molecule has 0 rings (SSSR count). The molecule has 0 aromatic heterocycles. The zero-order valence-corrected chi connectivity index (χ0v) is 8.89. The van der Waals surface area contributed by atoms with Gasteiger partial charge < -0.3 is 10.2 Å². The Morgan fingerprint density at radius 1 is 1.08 bits per heavy atom. The van der Waals surface area contributed by atoms with Crippen molar-refractivity contribution in [3.05, 3.63) is 0 Å². The molecular weight excluding hydrogens is 152 g/mol. The summed E-state index contributed by atoms with van der Waals surface area (Å²) in [7, 11) is 0. The second kappa shape index (κ2) is 3.75. The van der Waals surface area contributed by atoms with Crippen molar-refractivity contribution < 1.29 is 10.2 Å². The van der Waals surface area contributed by atoms with Gasteiger partial charge in [-0.3, -0.25) is 0 Å². The Kier molecular flexibility index (Phi) is 3.73. The summed E-state index contributed by atoms with van der Waals surface area (Å²) in [6.45, 7) is 9.93. The fraction of sp³-hybridized carbons (Fsp3) is 1.00. The van der Waals surface area contributed by atoms with Gasteiger partial charge in [-0.15, -0.1) is 0 Å². The highest BCUT2D eigenvalue weighted by Crippen LogP contribution is 2.33. The molecule has 0 aliphatic carbocycles. The summed E-state index contributed by atoms with van der Waals surface area (Å²) in [6, 6.07) is 0. The number of hydrogen-bond acceptors (Lipinski definition) is 2. The van der Waals surface area contributed by atoms with E-state index in [2.05, 4.69) is 27.7 Å². The molecule has 1 atom stereocenters. The van der Waals surface area contributed by atoms with Crippen LogP contribution in [0.15, 0.2) is 0 Å². The van der Waals surface area contributed by atoms with Crippen LogP contribution >= 0.6 is 0 Å². The first-order valence-corrected chi connectivity index (χ1v) is 4.61. The quantitative estimate of drug-likeness (QED) is 0.644. The molecule has 2 heteroatoms. The van der Waals surface area contributed by atoms with Gasteiger partial charge in [0.2, 0.25) is 0 Å². The van der Waals surface area contributed by atoms with E-state index in [1.807, 2.05) is 0 Å². The monoisotopic (exact) mass is 174 g/mol. The molecule has 0 radical (unpaired) electrons. The Balaban J connectivity index is 4.20. The molecule has 0 bridgehead atoms. The lowest BCUT2D eigenvalue weighted by Crippen LogP contribution is -2.32. The molecule has 74 valence electrons. The standard InChI is InChI=1S/C10H22O2/c1-6-8(9(2,3)4)7-10(5,11)12/h8,11-12H,6-7H2,1-5H3. The predicted octanol–water partition coefficient (Wildman–Crippen LogP) is 2.15. The van der Waals surface area contributed by atoms with Crippen molar-refractivity contribution in [2.45, 2.75) is 53.2 Å². The van der Waals surface area contributed by atoms with Gasteiger partial charge in [0.1, 0.15) is 0 Å². The van der Waals surface area contributed by atoms with E-state index in [1.165, 1.54) is 6.92 Å². The van der Waals surface area contributed by atoms with E-state index in [1.54, 1.807) is 0 Å². The number of aliphatic hydroxyl groups is 2. The minimum atomic E-state index is -1.52. The zero-order chi connectivity index (χ0) is 9.99. The molecule has 0 heterocycles. The van der Waals surface area contributed by atoms with Crippen LogP contribution in [0, 0.1) is 11.3 Å². The van der Waals surface area contributed by atoms with Crippen LogP contribution in [0.5, 0.6) is 0 Å². The fourth-order valence-corrected chi connectivity index (χ4v) is 1.53. The van der Waals surface area contributed by atoms with Gasteiger partial charge in [-0.2, -0.15) is 0 Å². The maximum Gasteiger partial charge on any atom is 0.159 e. The van der Waals surface area contributed by atoms with Crippen LogP contribution in [0.4, 0.5) is 0 Å². The summed E-state index contributed by atoms with van der Waals surface area (Å²) in [6.07, 6.45) is 1.44. The Morgan fingerprint density at radius 2 is 1.50 bits per heavy atom. The van der Waals surface area contributed by atoms with Crippen molar-refractivity contribution in [1.82, 2.24) is 0 Å². The van der Waals surface area contributed by atoms with Gasteiger partial charge in [-0.05, 0) is 18.3 Å². The minimum Gasteiger partial charge on any atom is -0.366 e. The molecule has 0 fully saturated rings. The molecule has 0 amide bonds. The van der Waals surface area contributed by atoms with Crippen LogP contribution in [0.1, 0.15) is 47.5 Å². The molecular formula is C10H22O2. The SMILES string of the molecule is CCC(CC(C)(O)O)C(C)(C)C. The summed E-state index contributed by atoms with van der Waals surface area (Å²) in [5.74, 6) is -1.16. The molecule has 0 aliphatic rings. The third kappa shape index (κ3) is 4.73. The normalized spacial score (nSPS) is 16.2. The van der Waals surface area contributed by atoms with Gasteiger partial charge in [0.15, 0.2) is 5.79 Å². The lowest BCUT2D eigenvalue weighted by atomic mass is 9.75. The third-order valence-electron chi connectivity index (χ3n) is 2.35. The van der Waals surface area contributed by atoms with Crippen LogP contribution in [0.2, 0.25) is 0 Å². The topological polar surface area (TPSA) is 40.5 Å². The second-order valence-electron chi connectivity index (χ2n) is 4.89. The summed E-state index contributed by atoms with van der Waals surface area (Å²) in [5.41, 5.74) is 0.154. The highest BCUT2D eigenvalue weighted by atomic mass is 16.5. The lowest BCUT2D eigenvalue weighted by Gasteiger charge is -2.33. The van der Waals surface area contributed by atoms with Crippen molar-refractivity contribution in [3.63, 3.8) is 0 Å². The van der Waals surface area contributed by atoms with Crippen LogP contribution in [0.25, 0.3) is 0 Å². The molecule has 0 aromatic rings. The van der Waals surface area contributed by atoms with Crippen molar-refractivity contribution >= 4 is 0 Å². The number of rotatable bonds is 3. The Morgan fingerprint density at radius 3 is 1.58 bits per heavy atom. The van der Waals surface area contributed by atoms with Crippen LogP contribution in [-0.2, 0) is 0 Å². The number of hydrogen-bond donors (Lipinski definition) is 2. The summed E-state index contributed by atoms with van der Waals surface area (Å²) in [5, 5.41) is 18.5. The summed E-state index contributed by atoms with van der Waals surface area (Å²) >= 11 is 0. The Bertz CT molecular complexity index is 128. The van der Waals surface area contributed by atoms with Gasteiger partial charge in [0.25, 0.3) is 0 Å². The van der Waals surface area contributed by atoms with Gasteiger partial charge >= 0.3 is 0 Å². The van der Waals surface area contributed by atoms with E-state index < -0.39 is 5.79 Å². The van der Waals surface area contributed by atoms with Crippen LogP contribution < -0.4 is 0 Å². The molecule has 0 aliphatic heterocycles. The minimum absolute atomic E-state index is 0.154. The smallest absolute Gasteiger partial charge is 0.159 e. The molecule has 2 nitrogen and oxygen atoms in total. The summed E-state index contributed by atoms with van der Waals surface area (Å²) < 4.78 is 0. The first kappa shape index (κ1) is 11.9. The van der Waals surface area contributed by atoms with Crippen LogP contribution in [-0.4, -0.2) is 16.0 Å². The van der Waals surface area contributed by atoms with E-state index in [4.69, 9.17) is 0 Å². The maximum atomic E-state index is 9.24. The highest BCUT2D eigenvalue weighted by Gasteiger charge is 2.29. The third-order valence-corrected chi connectivity index (χ3v) is 2.35. The second-order valence-corrected chi connectivity index (χ2v) is 4.89. The summed E-state index contributed by atoms with van der Waals surface area (Å²) in [4.78, 5) is 0. The fourth-order valence-electron chi connectivity index (χ4n) is 1.53. The molecule has 0 saturated carbocycles. The van der Waals surface area contributed by atoms with E-state index in [0.717, 1.165) is 6.42 Å². The highest BCUT2D eigenvalue weighted by molar-refractivity contribution is 4.76. The van der Waals surface area contributed by atoms with E-state index >= 15 is 0 Å². The van der Waals surface area contributed by atoms with Crippen molar-refractivity contribution in [3.8, 4) is 0 Å². The largest absolute Gasteiger partial charge is 0.366 e. The molecule has 0 spiro atoms. The van der Waals surface area contributed by atoms with E-state index in [0.29, 0.717) is 12.3 Å². The first-order chi connectivity index (χ1) is 5.17.